The molecule has 2 aromatic rings. The summed E-state index contributed by atoms with van der Waals surface area (Å²) < 4.78 is 13.4. The first kappa shape index (κ1) is 16.8. The topological polar surface area (TPSA) is 82.3 Å². The average molecular weight is 357 g/mol. The number of amides is 2. The highest BCUT2D eigenvalue weighted by Crippen LogP contribution is 2.41. The number of likely N-dealkylation sites (tertiary alicyclic amines) is 1. The van der Waals surface area contributed by atoms with Crippen molar-refractivity contribution in [3.8, 4) is 0 Å². The van der Waals surface area contributed by atoms with Crippen molar-refractivity contribution in [2.75, 3.05) is 13.1 Å². The van der Waals surface area contributed by atoms with Crippen molar-refractivity contribution in [1.29, 1.82) is 0 Å². The number of aromatic amines is 1. The van der Waals surface area contributed by atoms with Gasteiger partial charge in [0.2, 0.25) is 11.5 Å². The highest BCUT2D eigenvalue weighted by Gasteiger charge is 2.43. The maximum Gasteiger partial charge on any atom is 0.252 e. The molecule has 0 radical (unpaired) electrons. The first-order valence-corrected chi connectivity index (χ1v) is 8.81. The molecule has 1 aromatic heterocycles. The van der Waals surface area contributed by atoms with Gasteiger partial charge in [0.25, 0.3) is 5.91 Å². The van der Waals surface area contributed by atoms with E-state index in [1.807, 2.05) is 0 Å². The molecule has 1 saturated heterocycles. The summed E-state index contributed by atoms with van der Waals surface area (Å²) in [6.45, 7) is 2.68. The number of carbonyl (C=O) groups is 2. The lowest BCUT2D eigenvalue weighted by atomic mass is 9.97. The molecule has 2 amide bonds. The van der Waals surface area contributed by atoms with E-state index in [1.54, 1.807) is 4.90 Å². The fraction of sp³-hybridized carbons (Fsp3) is 0.421. The monoisotopic (exact) mass is 357 g/mol. The second-order valence-corrected chi connectivity index (χ2v) is 7.24. The number of rotatable bonds is 3. The molecule has 2 heterocycles. The van der Waals surface area contributed by atoms with Crippen molar-refractivity contribution in [2.45, 2.75) is 25.8 Å². The van der Waals surface area contributed by atoms with Crippen LogP contribution in [0.2, 0.25) is 0 Å². The first-order chi connectivity index (χ1) is 12.4. The molecule has 1 aliphatic carbocycles. The fourth-order valence-corrected chi connectivity index (χ4v) is 3.91. The maximum atomic E-state index is 13.4. The molecule has 1 saturated carbocycles. The summed E-state index contributed by atoms with van der Waals surface area (Å²) in [4.78, 5) is 40.8. The number of halogens is 1. The molecular formula is C19H20FN3O3. The predicted molar refractivity (Wildman–Crippen MR) is 94.2 cm³/mol. The molecule has 0 bridgehead atoms. The van der Waals surface area contributed by atoms with Gasteiger partial charge in [-0.15, -0.1) is 0 Å². The van der Waals surface area contributed by atoms with Gasteiger partial charge in [-0.2, -0.15) is 0 Å². The third-order valence-electron chi connectivity index (χ3n) is 5.40. The van der Waals surface area contributed by atoms with E-state index in [-0.39, 0.29) is 34.9 Å². The number of carbonyl (C=O) groups excluding carboxylic acids is 2. The van der Waals surface area contributed by atoms with Gasteiger partial charge in [0.15, 0.2) is 0 Å². The molecular weight excluding hydrogens is 337 g/mol. The smallest absolute Gasteiger partial charge is 0.252 e. The Bertz CT molecular complexity index is 951. The van der Waals surface area contributed by atoms with Crippen molar-refractivity contribution in [3.05, 3.63) is 46.0 Å². The number of H-pyrrole nitrogens is 1. The van der Waals surface area contributed by atoms with Crippen molar-refractivity contribution in [2.24, 2.45) is 11.8 Å². The fourth-order valence-electron chi connectivity index (χ4n) is 3.91. The average Bonchev–Trinajstić information content (AvgIpc) is 3.34. The molecule has 1 aromatic carbocycles. The van der Waals surface area contributed by atoms with Crippen LogP contribution in [0.15, 0.2) is 29.1 Å². The zero-order valence-electron chi connectivity index (χ0n) is 14.4. The Hall–Kier alpha value is -2.70. The number of aromatic nitrogens is 1. The van der Waals surface area contributed by atoms with Crippen LogP contribution >= 0.6 is 0 Å². The maximum absolute atomic E-state index is 13.4. The van der Waals surface area contributed by atoms with Crippen molar-refractivity contribution < 1.29 is 14.0 Å². The molecule has 2 fully saturated rings. The summed E-state index contributed by atoms with van der Waals surface area (Å²) >= 11 is 0. The Kier molecular flexibility index (Phi) is 4.01. The lowest BCUT2D eigenvalue weighted by Crippen LogP contribution is -2.41. The second kappa shape index (κ2) is 6.23. The highest BCUT2D eigenvalue weighted by atomic mass is 19.1. The number of hydrogen-bond donors (Lipinski definition) is 2. The molecule has 2 aliphatic rings. The second-order valence-electron chi connectivity index (χ2n) is 7.24. The minimum Gasteiger partial charge on any atom is -0.347 e. The number of benzene rings is 1. The van der Waals surface area contributed by atoms with Gasteiger partial charge in [0.1, 0.15) is 5.82 Å². The number of fused-ring (bicyclic) bond motifs is 1. The van der Waals surface area contributed by atoms with Gasteiger partial charge in [-0.05, 0) is 37.0 Å². The third-order valence-corrected chi connectivity index (χ3v) is 5.40. The van der Waals surface area contributed by atoms with Crippen molar-refractivity contribution >= 4 is 22.7 Å². The zero-order chi connectivity index (χ0) is 18.4. The van der Waals surface area contributed by atoms with Crippen LogP contribution in [-0.4, -0.2) is 40.8 Å². The Balaban J connectivity index is 1.63. The molecule has 2 atom stereocenters. The van der Waals surface area contributed by atoms with Gasteiger partial charge in [-0.1, -0.05) is 0 Å². The molecule has 2 N–H and O–H groups in total. The molecule has 6 nitrogen and oxygen atoms in total. The number of hydrogen-bond acceptors (Lipinski definition) is 3. The lowest BCUT2D eigenvalue weighted by molar-refractivity contribution is -0.128. The predicted octanol–water partition coefficient (Wildman–Crippen LogP) is 1.65. The molecule has 1 aliphatic heterocycles. The molecule has 26 heavy (non-hydrogen) atoms. The van der Waals surface area contributed by atoms with Crippen molar-refractivity contribution in [3.63, 3.8) is 0 Å². The SMILES string of the molecule is CC(=O)N1C[C@@H](NC(=O)c2cc(=O)[nH]c3cc(F)ccc23)[C@H](C2CC2)C1. The van der Waals surface area contributed by atoms with Gasteiger partial charge >= 0.3 is 0 Å². The van der Waals surface area contributed by atoms with E-state index in [4.69, 9.17) is 0 Å². The Morgan fingerprint density at radius 1 is 1.23 bits per heavy atom. The van der Waals surface area contributed by atoms with Gasteiger partial charge in [0, 0.05) is 37.4 Å². The molecule has 136 valence electrons. The Morgan fingerprint density at radius 2 is 2.00 bits per heavy atom. The van der Waals surface area contributed by atoms with Crippen LogP contribution < -0.4 is 10.9 Å². The quantitative estimate of drug-likeness (QED) is 0.876. The van der Waals surface area contributed by atoms with Crippen LogP contribution in [0.25, 0.3) is 10.9 Å². The molecule has 0 spiro atoms. The lowest BCUT2D eigenvalue weighted by Gasteiger charge is -2.19. The Morgan fingerprint density at radius 3 is 2.69 bits per heavy atom. The van der Waals surface area contributed by atoms with Crippen LogP contribution in [0.1, 0.15) is 30.1 Å². The van der Waals surface area contributed by atoms with Crippen LogP contribution in [0.5, 0.6) is 0 Å². The Labute approximate surface area is 149 Å². The van der Waals surface area contributed by atoms with E-state index in [0.29, 0.717) is 24.4 Å². The summed E-state index contributed by atoms with van der Waals surface area (Å²) in [5, 5.41) is 3.50. The molecule has 4 rings (SSSR count). The zero-order valence-corrected chi connectivity index (χ0v) is 14.4. The third kappa shape index (κ3) is 3.09. The minimum absolute atomic E-state index is 0.00415. The summed E-state index contributed by atoms with van der Waals surface area (Å²) in [5.41, 5.74) is 0.0570. The van der Waals surface area contributed by atoms with Crippen LogP contribution in [0, 0.1) is 17.7 Å². The summed E-state index contributed by atoms with van der Waals surface area (Å²) in [6.07, 6.45) is 2.24. The largest absolute Gasteiger partial charge is 0.347 e. The van der Waals surface area contributed by atoms with Gasteiger partial charge < -0.3 is 15.2 Å². The number of nitrogens with zero attached hydrogens (tertiary/aromatic N) is 1. The van der Waals surface area contributed by atoms with E-state index in [1.165, 1.54) is 31.2 Å². The first-order valence-electron chi connectivity index (χ1n) is 8.81. The number of nitrogens with one attached hydrogen (secondary N) is 2. The normalized spacial score (nSPS) is 22.6. The summed E-state index contributed by atoms with van der Waals surface area (Å²) in [5.74, 6) is -0.0612. The van der Waals surface area contributed by atoms with E-state index < -0.39 is 11.4 Å². The minimum atomic E-state index is -0.479. The molecule has 7 heteroatoms. The van der Waals surface area contributed by atoms with Crippen LogP contribution in [0.3, 0.4) is 0 Å². The van der Waals surface area contributed by atoms with Gasteiger partial charge in [0.05, 0.1) is 17.1 Å². The molecule has 0 unspecified atom stereocenters. The summed E-state index contributed by atoms with van der Waals surface area (Å²) in [7, 11) is 0. The van der Waals surface area contributed by atoms with Gasteiger partial charge in [-0.25, -0.2) is 4.39 Å². The standard InChI is InChI=1S/C19H20FN3O3/c1-10(24)23-8-15(11-2-3-11)17(9-23)22-19(26)14-7-18(25)21-16-6-12(20)4-5-13(14)16/h4-7,11,15,17H,2-3,8-9H2,1H3,(H,21,25)(H,22,26)/t15-,17+/m0/s1. The van der Waals surface area contributed by atoms with Crippen LogP contribution in [0.4, 0.5) is 4.39 Å². The van der Waals surface area contributed by atoms with Gasteiger partial charge in [-0.3, -0.25) is 14.4 Å². The van der Waals surface area contributed by atoms with E-state index >= 15 is 0 Å². The van der Waals surface area contributed by atoms with Crippen molar-refractivity contribution in [1.82, 2.24) is 15.2 Å². The van der Waals surface area contributed by atoms with E-state index in [0.717, 1.165) is 12.8 Å². The van der Waals surface area contributed by atoms with E-state index in [9.17, 15) is 18.8 Å². The van der Waals surface area contributed by atoms with E-state index in [2.05, 4.69) is 10.3 Å². The number of pyridine rings is 1. The summed E-state index contributed by atoms with van der Waals surface area (Å²) in [6, 6.07) is 5.06. The highest BCUT2D eigenvalue weighted by molar-refractivity contribution is 6.06. The van der Waals surface area contributed by atoms with Crippen LogP contribution in [-0.2, 0) is 4.79 Å².